The standard InChI is InChI=1S/C12H26N2O3/c1-12(2,3)17-9-11(16)7-14-5-4-13-10(6-14)8-15/h10-11,13,15-16H,4-9H2,1-3H3. The third kappa shape index (κ3) is 6.33. The Bertz CT molecular complexity index is 218. The molecule has 2 atom stereocenters. The van der Waals surface area contributed by atoms with Crippen molar-refractivity contribution in [1.82, 2.24) is 10.2 Å². The third-order valence-electron chi connectivity index (χ3n) is 2.74. The molecule has 0 amide bonds. The lowest BCUT2D eigenvalue weighted by atomic mass is 10.2. The lowest BCUT2D eigenvalue weighted by Gasteiger charge is -2.34. The maximum atomic E-state index is 9.87. The maximum absolute atomic E-state index is 9.87. The minimum absolute atomic E-state index is 0.125. The van der Waals surface area contributed by atoms with E-state index in [0.29, 0.717) is 13.2 Å². The summed E-state index contributed by atoms with van der Waals surface area (Å²) in [6.45, 7) is 9.59. The highest BCUT2D eigenvalue weighted by Crippen LogP contribution is 2.08. The Morgan fingerprint density at radius 2 is 2.18 bits per heavy atom. The van der Waals surface area contributed by atoms with Crippen LogP contribution in [0.2, 0.25) is 0 Å². The van der Waals surface area contributed by atoms with E-state index in [0.717, 1.165) is 19.6 Å². The number of piperazine rings is 1. The number of aliphatic hydroxyl groups is 2. The van der Waals surface area contributed by atoms with Crippen LogP contribution >= 0.6 is 0 Å². The minimum atomic E-state index is -0.466. The Morgan fingerprint density at radius 3 is 2.76 bits per heavy atom. The molecule has 1 aliphatic rings. The number of hydrogen-bond donors (Lipinski definition) is 3. The lowest BCUT2D eigenvalue weighted by molar-refractivity contribution is -0.0579. The summed E-state index contributed by atoms with van der Waals surface area (Å²) in [4.78, 5) is 2.16. The second-order valence-corrected chi connectivity index (χ2v) is 5.67. The minimum Gasteiger partial charge on any atom is -0.395 e. The van der Waals surface area contributed by atoms with Gasteiger partial charge in [0.15, 0.2) is 0 Å². The van der Waals surface area contributed by atoms with Crippen molar-refractivity contribution in [2.45, 2.75) is 38.5 Å². The fourth-order valence-corrected chi connectivity index (χ4v) is 1.88. The van der Waals surface area contributed by atoms with Gasteiger partial charge in [-0.15, -0.1) is 0 Å². The van der Waals surface area contributed by atoms with Crippen molar-refractivity contribution < 1.29 is 14.9 Å². The first-order chi connectivity index (χ1) is 7.90. The highest BCUT2D eigenvalue weighted by molar-refractivity contribution is 4.79. The van der Waals surface area contributed by atoms with E-state index in [9.17, 15) is 5.11 Å². The zero-order valence-corrected chi connectivity index (χ0v) is 11.1. The molecule has 0 saturated carbocycles. The molecule has 2 unspecified atom stereocenters. The average molecular weight is 246 g/mol. The second-order valence-electron chi connectivity index (χ2n) is 5.67. The molecule has 5 heteroatoms. The van der Waals surface area contributed by atoms with Crippen LogP contribution in [-0.4, -0.2) is 72.3 Å². The van der Waals surface area contributed by atoms with Crippen molar-refractivity contribution >= 4 is 0 Å². The van der Waals surface area contributed by atoms with Gasteiger partial charge in [0, 0.05) is 32.2 Å². The molecule has 0 spiro atoms. The molecule has 0 aliphatic carbocycles. The van der Waals surface area contributed by atoms with Crippen molar-refractivity contribution in [3.63, 3.8) is 0 Å². The molecule has 1 aliphatic heterocycles. The zero-order valence-electron chi connectivity index (χ0n) is 11.1. The highest BCUT2D eigenvalue weighted by atomic mass is 16.5. The molecule has 102 valence electrons. The summed E-state index contributed by atoms with van der Waals surface area (Å²) in [7, 11) is 0. The molecule has 0 aromatic rings. The van der Waals surface area contributed by atoms with Gasteiger partial charge >= 0.3 is 0 Å². The molecule has 5 nitrogen and oxygen atoms in total. The Morgan fingerprint density at radius 1 is 1.47 bits per heavy atom. The normalized spacial score (nSPS) is 24.9. The molecule has 17 heavy (non-hydrogen) atoms. The Hall–Kier alpha value is -0.200. The van der Waals surface area contributed by atoms with Gasteiger partial charge in [-0.3, -0.25) is 4.90 Å². The van der Waals surface area contributed by atoms with Crippen molar-refractivity contribution in [1.29, 1.82) is 0 Å². The van der Waals surface area contributed by atoms with Crippen LogP contribution in [-0.2, 0) is 4.74 Å². The predicted molar refractivity (Wildman–Crippen MR) is 67.0 cm³/mol. The predicted octanol–water partition coefficient (Wildman–Crippen LogP) is -0.571. The van der Waals surface area contributed by atoms with Gasteiger partial charge in [-0.25, -0.2) is 0 Å². The molecule has 0 aromatic carbocycles. The SMILES string of the molecule is CC(C)(C)OCC(O)CN1CCNC(CO)C1. The first-order valence-electron chi connectivity index (χ1n) is 6.29. The van der Waals surface area contributed by atoms with Gasteiger partial charge in [0.2, 0.25) is 0 Å². The quantitative estimate of drug-likeness (QED) is 0.606. The van der Waals surface area contributed by atoms with Gasteiger partial charge < -0.3 is 20.3 Å². The summed E-state index contributed by atoms with van der Waals surface area (Å²) in [5.74, 6) is 0. The van der Waals surface area contributed by atoms with Crippen LogP contribution in [0.25, 0.3) is 0 Å². The number of β-amino-alcohol motifs (C(OH)–C–C–N with tert-alkyl or cyclic N) is 1. The fraction of sp³-hybridized carbons (Fsp3) is 1.00. The zero-order chi connectivity index (χ0) is 12.9. The smallest absolute Gasteiger partial charge is 0.0900 e. The number of aliphatic hydroxyl groups excluding tert-OH is 2. The molecular weight excluding hydrogens is 220 g/mol. The number of hydrogen-bond acceptors (Lipinski definition) is 5. The number of nitrogens with one attached hydrogen (secondary N) is 1. The lowest BCUT2D eigenvalue weighted by Crippen LogP contribution is -2.54. The summed E-state index contributed by atoms with van der Waals surface area (Å²) >= 11 is 0. The summed E-state index contributed by atoms with van der Waals surface area (Å²) in [6.07, 6.45) is -0.466. The molecular formula is C12H26N2O3. The van der Waals surface area contributed by atoms with E-state index in [2.05, 4.69) is 10.2 Å². The van der Waals surface area contributed by atoms with E-state index in [1.165, 1.54) is 0 Å². The van der Waals surface area contributed by atoms with E-state index in [1.807, 2.05) is 20.8 Å². The van der Waals surface area contributed by atoms with Crippen molar-refractivity contribution in [2.75, 3.05) is 39.4 Å². The van der Waals surface area contributed by atoms with Gasteiger partial charge in [-0.05, 0) is 20.8 Å². The first-order valence-corrected chi connectivity index (χ1v) is 6.29. The van der Waals surface area contributed by atoms with Crippen LogP contribution in [0.1, 0.15) is 20.8 Å². The fourth-order valence-electron chi connectivity index (χ4n) is 1.88. The second kappa shape index (κ2) is 6.66. The van der Waals surface area contributed by atoms with Gasteiger partial charge in [0.25, 0.3) is 0 Å². The van der Waals surface area contributed by atoms with Crippen molar-refractivity contribution in [3.05, 3.63) is 0 Å². The molecule has 1 fully saturated rings. The van der Waals surface area contributed by atoms with Crippen LogP contribution < -0.4 is 5.32 Å². The molecule has 0 radical (unpaired) electrons. The largest absolute Gasteiger partial charge is 0.395 e. The Balaban J connectivity index is 2.23. The molecule has 1 saturated heterocycles. The first kappa shape index (κ1) is 14.9. The van der Waals surface area contributed by atoms with Crippen LogP contribution in [0.3, 0.4) is 0 Å². The highest BCUT2D eigenvalue weighted by Gasteiger charge is 2.21. The molecule has 1 heterocycles. The van der Waals surface area contributed by atoms with Crippen molar-refractivity contribution in [3.8, 4) is 0 Å². The van der Waals surface area contributed by atoms with Crippen molar-refractivity contribution in [2.24, 2.45) is 0 Å². The molecule has 0 bridgehead atoms. The third-order valence-corrected chi connectivity index (χ3v) is 2.74. The van der Waals surface area contributed by atoms with Crippen LogP contribution in [0.5, 0.6) is 0 Å². The van der Waals surface area contributed by atoms with E-state index >= 15 is 0 Å². The van der Waals surface area contributed by atoms with Gasteiger partial charge in [-0.1, -0.05) is 0 Å². The molecule has 0 aromatic heterocycles. The number of ether oxygens (including phenoxy) is 1. The van der Waals surface area contributed by atoms with E-state index < -0.39 is 6.10 Å². The van der Waals surface area contributed by atoms with Gasteiger partial charge in [0.1, 0.15) is 0 Å². The Labute approximate surface area is 104 Å². The Kier molecular flexibility index (Phi) is 5.82. The number of nitrogens with zero attached hydrogens (tertiary/aromatic N) is 1. The van der Waals surface area contributed by atoms with Crippen LogP contribution in [0.4, 0.5) is 0 Å². The van der Waals surface area contributed by atoms with Gasteiger partial charge in [-0.2, -0.15) is 0 Å². The maximum Gasteiger partial charge on any atom is 0.0900 e. The monoisotopic (exact) mass is 246 g/mol. The molecule has 3 N–H and O–H groups in total. The van der Waals surface area contributed by atoms with E-state index in [-0.39, 0.29) is 18.2 Å². The summed E-state index contributed by atoms with van der Waals surface area (Å²) in [5.41, 5.74) is -0.210. The van der Waals surface area contributed by atoms with Crippen LogP contribution in [0, 0.1) is 0 Å². The summed E-state index contributed by atoms with van der Waals surface area (Å²) in [6, 6.07) is 0.125. The average Bonchev–Trinajstić information content (AvgIpc) is 2.26. The van der Waals surface area contributed by atoms with Gasteiger partial charge in [0.05, 0.1) is 24.9 Å². The topological polar surface area (TPSA) is 65.0 Å². The van der Waals surface area contributed by atoms with Crippen LogP contribution in [0.15, 0.2) is 0 Å². The summed E-state index contributed by atoms with van der Waals surface area (Å²) in [5, 5.41) is 22.2. The van der Waals surface area contributed by atoms with E-state index in [4.69, 9.17) is 9.84 Å². The number of rotatable bonds is 5. The summed E-state index contributed by atoms with van der Waals surface area (Å²) < 4.78 is 5.54. The molecule has 1 rings (SSSR count). The van der Waals surface area contributed by atoms with E-state index in [1.54, 1.807) is 0 Å².